The van der Waals surface area contributed by atoms with Crippen molar-refractivity contribution in [3.05, 3.63) is 36.0 Å². The van der Waals surface area contributed by atoms with Gasteiger partial charge in [0, 0.05) is 10.5 Å². The van der Waals surface area contributed by atoms with E-state index >= 15 is 0 Å². The van der Waals surface area contributed by atoms with Crippen LogP contribution in [0.2, 0.25) is 0 Å². The first kappa shape index (κ1) is 13.1. The Bertz CT molecular complexity index is 595. The number of hydrogen-bond donors (Lipinski definition) is 1. The maximum absolute atomic E-state index is 12.2. The lowest BCUT2D eigenvalue weighted by atomic mass is 10.2. The van der Waals surface area contributed by atoms with Crippen LogP contribution in [-0.4, -0.2) is 13.9 Å². The van der Waals surface area contributed by atoms with E-state index in [0.29, 0.717) is 4.90 Å². The number of nitrogens with one attached hydrogen (secondary N) is 1. The molecule has 0 bridgehead atoms. The average Bonchev–Trinajstić information content (AvgIpc) is 2.27. The molecule has 1 aromatic rings. The summed E-state index contributed by atoms with van der Waals surface area (Å²) in [7, 11) is -5.66. The topological polar surface area (TPSA) is 55.4 Å². The Morgan fingerprint density at radius 3 is 2.56 bits per heavy atom. The lowest BCUT2D eigenvalue weighted by molar-refractivity contribution is -0.0509. The molecule has 1 aliphatic heterocycles. The summed E-state index contributed by atoms with van der Waals surface area (Å²) in [6, 6.07) is 6.35. The van der Waals surface area contributed by atoms with E-state index in [9.17, 15) is 21.6 Å². The predicted molar refractivity (Wildman–Crippen MR) is 59.5 cm³/mol. The molecule has 0 saturated carbocycles. The number of rotatable bonds is 2. The maximum Gasteiger partial charge on any atom is 0.534 e. The van der Waals surface area contributed by atoms with Crippen molar-refractivity contribution in [3.8, 4) is 0 Å². The molecule has 0 aromatic heterocycles. The van der Waals surface area contributed by atoms with Crippen molar-refractivity contribution >= 4 is 27.8 Å². The number of halogens is 3. The van der Waals surface area contributed by atoms with Crippen LogP contribution < -0.4 is 4.72 Å². The standard InChI is InChI=1S/C9H6F3NO3S2/c10-9(11,12)18(14,15)16-7-5-13-17-8-4-2-1-3-6(7)8/h1-5,13H. The molecule has 1 N–H and O–H groups in total. The van der Waals surface area contributed by atoms with E-state index in [4.69, 9.17) is 0 Å². The van der Waals surface area contributed by atoms with Crippen molar-refractivity contribution in [1.82, 2.24) is 4.72 Å². The molecule has 0 saturated heterocycles. The van der Waals surface area contributed by atoms with Gasteiger partial charge in [-0.2, -0.15) is 21.6 Å². The Hall–Kier alpha value is -1.35. The van der Waals surface area contributed by atoms with Crippen molar-refractivity contribution in [3.63, 3.8) is 0 Å². The SMILES string of the molecule is O=S(=O)(OC1=CNSc2ccccc21)C(F)(F)F. The van der Waals surface area contributed by atoms with Crippen molar-refractivity contribution in [2.24, 2.45) is 0 Å². The first-order chi connectivity index (χ1) is 8.31. The first-order valence-electron chi connectivity index (χ1n) is 4.54. The number of benzene rings is 1. The molecule has 0 amide bonds. The van der Waals surface area contributed by atoms with Crippen LogP contribution in [0.3, 0.4) is 0 Å². The van der Waals surface area contributed by atoms with E-state index < -0.39 is 15.6 Å². The van der Waals surface area contributed by atoms with Gasteiger partial charge in [-0.25, -0.2) is 0 Å². The molecule has 18 heavy (non-hydrogen) atoms. The second kappa shape index (κ2) is 4.39. The Morgan fingerprint density at radius 1 is 1.22 bits per heavy atom. The van der Waals surface area contributed by atoms with E-state index in [1.807, 2.05) is 0 Å². The molecule has 2 rings (SSSR count). The van der Waals surface area contributed by atoms with E-state index in [1.54, 1.807) is 18.2 Å². The average molecular weight is 297 g/mol. The zero-order valence-corrected chi connectivity index (χ0v) is 10.2. The fourth-order valence-electron chi connectivity index (χ4n) is 1.22. The minimum absolute atomic E-state index is 0.286. The number of alkyl halides is 3. The Balaban J connectivity index is 2.35. The molecule has 1 aromatic carbocycles. The van der Waals surface area contributed by atoms with Gasteiger partial charge in [-0.3, -0.25) is 0 Å². The summed E-state index contributed by atoms with van der Waals surface area (Å²) in [6.45, 7) is 0. The molecule has 0 atom stereocenters. The monoisotopic (exact) mass is 297 g/mol. The highest BCUT2D eigenvalue weighted by Crippen LogP contribution is 2.35. The Kier molecular flexibility index (Phi) is 3.20. The lowest BCUT2D eigenvalue weighted by Gasteiger charge is -2.18. The summed E-state index contributed by atoms with van der Waals surface area (Å²) in [6.07, 6.45) is 1.07. The van der Waals surface area contributed by atoms with Gasteiger partial charge in [-0.1, -0.05) is 12.1 Å². The molecule has 0 aliphatic carbocycles. The molecule has 98 valence electrons. The van der Waals surface area contributed by atoms with Gasteiger partial charge in [-0.15, -0.1) is 0 Å². The number of hydrogen-bond acceptors (Lipinski definition) is 5. The first-order valence-corrected chi connectivity index (χ1v) is 6.76. The van der Waals surface area contributed by atoms with Gasteiger partial charge in [0.1, 0.15) is 0 Å². The minimum atomic E-state index is -5.66. The summed E-state index contributed by atoms with van der Waals surface area (Å²) in [4.78, 5) is 0.576. The van der Waals surface area contributed by atoms with Gasteiger partial charge >= 0.3 is 15.6 Å². The second-order valence-electron chi connectivity index (χ2n) is 3.21. The Labute approximate surface area is 105 Å². The van der Waals surface area contributed by atoms with Crippen LogP contribution in [0.5, 0.6) is 0 Å². The summed E-state index contributed by atoms with van der Waals surface area (Å²) in [5.74, 6) is -0.387. The van der Waals surface area contributed by atoms with Crippen LogP contribution in [0.15, 0.2) is 35.4 Å². The zero-order chi connectivity index (χ0) is 13.4. The maximum atomic E-state index is 12.2. The fourth-order valence-corrected chi connectivity index (χ4v) is 2.40. The van der Waals surface area contributed by atoms with Crippen LogP contribution in [0.1, 0.15) is 5.56 Å². The second-order valence-corrected chi connectivity index (χ2v) is 5.63. The quantitative estimate of drug-likeness (QED) is 0.516. The van der Waals surface area contributed by atoms with Crippen LogP contribution in [0, 0.1) is 0 Å². The molecule has 0 unspecified atom stereocenters. The van der Waals surface area contributed by atoms with Crippen LogP contribution in [-0.2, 0) is 14.3 Å². The van der Waals surface area contributed by atoms with E-state index in [-0.39, 0.29) is 11.3 Å². The summed E-state index contributed by atoms with van der Waals surface area (Å²) in [5, 5.41) is 0. The summed E-state index contributed by atoms with van der Waals surface area (Å²) < 4.78 is 65.1. The van der Waals surface area contributed by atoms with Gasteiger partial charge in [0.25, 0.3) is 0 Å². The fraction of sp³-hybridized carbons (Fsp3) is 0.111. The molecular weight excluding hydrogens is 291 g/mol. The van der Waals surface area contributed by atoms with Crippen LogP contribution in [0.25, 0.3) is 5.76 Å². The molecule has 9 heteroatoms. The largest absolute Gasteiger partial charge is 0.534 e. The molecule has 1 aliphatic rings. The van der Waals surface area contributed by atoms with Gasteiger partial charge < -0.3 is 8.91 Å². The van der Waals surface area contributed by atoms with Gasteiger partial charge in [0.05, 0.1) is 6.20 Å². The van der Waals surface area contributed by atoms with Crippen molar-refractivity contribution in [1.29, 1.82) is 0 Å². The highest BCUT2D eigenvalue weighted by atomic mass is 32.2. The highest BCUT2D eigenvalue weighted by molar-refractivity contribution is 7.97. The zero-order valence-electron chi connectivity index (χ0n) is 8.56. The minimum Gasteiger partial charge on any atom is -0.374 e. The van der Waals surface area contributed by atoms with E-state index in [0.717, 1.165) is 18.1 Å². The lowest BCUT2D eigenvalue weighted by Crippen LogP contribution is -2.25. The molecule has 0 fully saturated rings. The third-order valence-electron chi connectivity index (χ3n) is 1.99. The predicted octanol–water partition coefficient (Wildman–Crippen LogP) is 2.46. The molecule has 1 heterocycles. The third-order valence-corrected chi connectivity index (χ3v) is 3.77. The number of fused-ring (bicyclic) bond motifs is 1. The van der Waals surface area contributed by atoms with E-state index in [2.05, 4.69) is 8.91 Å². The van der Waals surface area contributed by atoms with Crippen molar-refractivity contribution in [2.75, 3.05) is 0 Å². The highest BCUT2D eigenvalue weighted by Gasteiger charge is 2.49. The molecule has 4 nitrogen and oxygen atoms in total. The third kappa shape index (κ3) is 2.41. The van der Waals surface area contributed by atoms with Crippen molar-refractivity contribution in [2.45, 2.75) is 10.4 Å². The molecular formula is C9H6F3NO3S2. The van der Waals surface area contributed by atoms with Crippen LogP contribution >= 0.6 is 11.9 Å². The molecule has 0 spiro atoms. The smallest absolute Gasteiger partial charge is 0.374 e. The van der Waals surface area contributed by atoms with Crippen LogP contribution in [0.4, 0.5) is 13.2 Å². The summed E-state index contributed by atoms with van der Waals surface area (Å²) >= 11 is 1.14. The van der Waals surface area contributed by atoms with E-state index in [1.165, 1.54) is 6.07 Å². The van der Waals surface area contributed by atoms with Gasteiger partial charge in [-0.05, 0) is 24.1 Å². The van der Waals surface area contributed by atoms with Crippen molar-refractivity contribution < 1.29 is 25.8 Å². The molecule has 0 radical (unpaired) electrons. The van der Waals surface area contributed by atoms with Gasteiger partial charge in [0.15, 0.2) is 5.76 Å². The normalized spacial score (nSPS) is 15.4. The summed E-state index contributed by atoms with van der Waals surface area (Å²) in [5.41, 5.74) is -5.16. The Morgan fingerprint density at radius 2 is 1.89 bits per heavy atom. The van der Waals surface area contributed by atoms with Gasteiger partial charge in [0.2, 0.25) is 0 Å².